The first-order valence-electron chi connectivity index (χ1n) is 7.02. The van der Waals surface area contributed by atoms with E-state index in [1.807, 2.05) is 0 Å². The molecule has 2 aliphatic heterocycles. The van der Waals surface area contributed by atoms with Crippen LogP contribution >= 0.6 is 0 Å². The van der Waals surface area contributed by atoms with E-state index in [9.17, 15) is 0 Å². The van der Waals surface area contributed by atoms with Crippen molar-refractivity contribution in [1.29, 1.82) is 0 Å². The van der Waals surface area contributed by atoms with Gasteiger partial charge in [-0.25, -0.2) is 0 Å². The van der Waals surface area contributed by atoms with Gasteiger partial charge in [0.15, 0.2) is 0 Å². The number of fused-ring (bicyclic) bond motifs is 1. The maximum Gasteiger partial charge on any atom is 0.0730 e. The van der Waals surface area contributed by atoms with E-state index in [1.165, 1.54) is 51.6 Å². The Labute approximate surface area is 98.5 Å². The van der Waals surface area contributed by atoms with E-state index in [-0.39, 0.29) is 0 Å². The third kappa shape index (κ3) is 2.27. The lowest BCUT2D eigenvalue weighted by Crippen LogP contribution is -2.53. The number of morpholine rings is 1. The minimum Gasteiger partial charge on any atom is -0.375 e. The van der Waals surface area contributed by atoms with E-state index in [2.05, 4.69) is 10.2 Å². The topological polar surface area (TPSA) is 24.5 Å². The van der Waals surface area contributed by atoms with Crippen LogP contribution in [0.3, 0.4) is 0 Å². The standard InChI is InChI=1S/C13H24N2O/c1-2-7-14-11(4-1)10-15-8-9-16-13-6-3-5-12(13)15/h11-14H,1-10H2. The summed E-state index contributed by atoms with van der Waals surface area (Å²) in [5.74, 6) is 0. The summed E-state index contributed by atoms with van der Waals surface area (Å²) in [7, 11) is 0. The van der Waals surface area contributed by atoms with Gasteiger partial charge < -0.3 is 10.1 Å². The normalized spacial score (nSPS) is 40.9. The van der Waals surface area contributed by atoms with Crippen molar-refractivity contribution < 1.29 is 4.74 Å². The lowest BCUT2D eigenvalue weighted by Gasteiger charge is -2.40. The highest BCUT2D eigenvalue weighted by molar-refractivity contribution is 4.91. The van der Waals surface area contributed by atoms with Gasteiger partial charge in [0.1, 0.15) is 0 Å². The number of hydrogen-bond donors (Lipinski definition) is 1. The van der Waals surface area contributed by atoms with Crippen molar-refractivity contribution in [2.75, 3.05) is 26.2 Å². The average molecular weight is 224 g/mol. The molecule has 3 heteroatoms. The van der Waals surface area contributed by atoms with Gasteiger partial charge in [-0.3, -0.25) is 4.90 Å². The molecule has 3 atom stereocenters. The molecule has 1 saturated carbocycles. The molecule has 2 saturated heterocycles. The van der Waals surface area contributed by atoms with Gasteiger partial charge in [-0.1, -0.05) is 6.42 Å². The van der Waals surface area contributed by atoms with Crippen LogP contribution in [-0.2, 0) is 4.74 Å². The molecule has 16 heavy (non-hydrogen) atoms. The Morgan fingerprint density at radius 3 is 3.00 bits per heavy atom. The smallest absolute Gasteiger partial charge is 0.0730 e. The molecule has 0 bridgehead atoms. The number of rotatable bonds is 2. The Morgan fingerprint density at radius 1 is 1.12 bits per heavy atom. The van der Waals surface area contributed by atoms with E-state index in [0.29, 0.717) is 6.10 Å². The monoisotopic (exact) mass is 224 g/mol. The van der Waals surface area contributed by atoms with E-state index >= 15 is 0 Å². The van der Waals surface area contributed by atoms with Crippen molar-refractivity contribution in [3.05, 3.63) is 0 Å². The Kier molecular flexibility index (Phi) is 3.46. The second-order valence-corrected chi connectivity index (χ2v) is 5.55. The Hall–Kier alpha value is -0.120. The number of nitrogens with zero attached hydrogens (tertiary/aromatic N) is 1. The third-order valence-corrected chi connectivity index (χ3v) is 4.46. The van der Waals surface area contributed by atoms with Crippen molar-refractivity contribution in [3.8, 4) is 0 Å². The van der Waals surface area contributed by atoms with Crippen molar-refractivity contribution >= 4 is 0 Å². The van der Waals surface area contributed by atoms with Crippen molar-refractivity contribution in [2.45, 2.75) is 56.7 Å². The largest absolute Gasteiger partial charge is 0.375 e. The Morgan fingerprint density at radius 2 is 2.12 bits per heavy atom. The first kappa shape index (κ1) is 11.0. The molecule has 92 valence electrons. The molecule has 3 nitrogen and oxygen atoms in total. The summed E-state index contributed by atoms with van der Waals surface area (Å²) in [5.41, 5.74) is 0. The van der Waals surface area contributed by atoms with Crippen LogP contribution in [0.2, 0.25) is 0 Å². The van der Waals surface area contributed by atoms with Gasteiger partial charge in [0.05, 0.1) is 12.7 Å². The lowest BCUT2D eigenvalue weighted by molar-refractivity contribution is -0.0588. The second kappa shape index (κ2) is 5.03. The summed E-state index contributed by atoms with van der Waals surface area (Å²) in [5, 5.41) is 3.66. The zero-order valence-electron chi connectivity index (χ0n) is 10.2. The number of nitrogens with one attached hydrogen (secondary N) is 1. The Bertz CT molecular complexity index is 228. The van der Waals surface area contributed by atoms with Gasteiger partial charge in [-0.15, -0.1) is 0 Å². The fourth-order valence-corrected chi connectivity index (χ4v) is 3.60. The van der Waals surface area contributed by atoms with Crippen molar-refractivity contribution in [2.24, 2.45) is 0 Å². The highest BCUT2D eigenvalue weighted by Crippen LogP contribution is 2.30. The van der Waals surface area contributed by atoms with Crippen LogP contribution in [0.1, 0.15) is 38.5 Å². The summed E-state index contributed by atoms with van der Waals surface area (Å²) in [6, 6.07) is 1.48. The van der Waals surface area contributed by atoms with Crippen LogP contribution < -0.4 is 5.32 Å². The van der Waals surface area contributed by atoms with Crippen LogP contribution in [-0.4, -0.2) is 49.3 Å². The molecular weight excluding hydrogens is 200 g/mol. The van der Waals surface area contributed by atoms with Gasteiger partial charge in [0.25, 0.3) is 0 Å². The van der Waals surface area contributed by atoms with Crippen LogP contribution in [0, 0.1) is 0 Å². The first-order chi connectivity index (χ1) is 7.93. The lowest BCUT2D eigenvalue weighted by atomic mass is 10.0. The SMILES string of the molecule is C1CCC(CN2CCOC3CCCC32)NC1. The summed E-state index contributed by atoms with van der Waals surface area (Å²) in [6.07, 6.45) is 8.72. The van der Waals surface area contributed by atoms with Gasteiger partial charge >= 0.3 is 0 Å². The first-order valence-corrected chi connectivity index (χ1v) is 7.02. The molecule has 1 aliphatic carbocycles. The van der Waals surface area contributed by atoms with Crippen LogP contribution in [0.15, 0.2) is 0 Å². The summed E-state index contributed by atoms with van der Waals surface area (Å²) in [4.78, 5) is 2.70. The predicted octanol–water partition coefficient (Wildman–Crippen LogP) is 1.38. The summed E-state index contributed by atoms with van der Waals surface area (Å²) >= 11 is 0. The van der Waals surface area contributed by atoms with E-state index < -0.39 is 0 Å². The van der Waals surface area contributed by atoms with Crippen molar-refractivity contribution in [1.82, 2.24) is 10.2 Å². The Balaban J connectivity index is 1.56. The van der Waals surface area contributed by atoms with Gasteiger partial charge in [0.2, 0.25) is 0 Å². The van der Waals surface area contributed by atoms with E-state index in [0.717, 1.165) is 25.2 Å². The van der Waals surface area contributed by atoms with Gasteiger partial charge in [0, 0.05) is 25.2 Å². The molecule has 3 rings (SSSR count). The average Bonchev–Trinajstić information content (AvgIpc) is 2.80. The van der Waals surface area contributed by atoms with E-state index in [1.54, 1.807) is 0 Å². The highest BCUT2D eigenvalue weighted by atomic mass is 16.5. The molecule has 0 aromatic heterocycles. The fraction of sp³-hybridized carbons (Fsp3) is 1.00. The summed E-state index contributed by atoms with van der Waals surface area (Å²) in [6.45, 7) is 4.58. The summed E-state index contributed by atoms with van der Waals surface area (Å²) < 4.78 is 5.86. The molecule has 1 N–H and O–H groups in total. The zero-order valence-corrected chi connectivity index (χ0v) is 10.2. The van der Waals surface area contributed by atoms with E-state index in [4.69, 9.17) is 4.74 Å². The third-order valence-electron chi connectivity index (χ3n) is 4.46. The highest BCUT2D eigenvalue weighted by Gasteiger charge is 2.36. The molecule has 0 aromatic rings. The maximum absolute atomic E-state index is 5.86. The minimum absolute atomic E-state index is 0.553. The quantitative estimate of drug-likeness (QED) is 0.767. The van der Waals surface area contributed by atoms with Crippen molar-refractivity contribution in [3.63, 3.8) is 0 Å². The second-order valence-electron chi connectivity index (χ2n) is 5.55. The van der Waals surface area contributed by atoms with Crippen LogP contribution in [0.25, 0.3) is 0 Å². The van der Waals surface area contributed by atoms with Crippen LogP contribution in [0.4, 0.5) is 0 Å². The van der Waals surface area contributed by atoms with Gasteiger partial charge in [-0.05, 0) is 38.6 Å². The molecule has 0 amide bonds. The fourth-order valence-electron chi connectivity index (χ4n) is 3.60. The number of piperidine rings is 1. The molecule has 0 aromatic carbocycles. The maximum atomic E-state index is 5.86. The molecule has 3 unspecified atom stereocenters. The van der Waals surface area contributed by atoms with Crippen LogP contribution in [0.5, 0.6) is 0 Å². The number of ether oxygens (including phenoxy) is 1. The predicted molar refractivity (Wildman–Crippen MR) is 64.6 cm³/mol. The molecule has 3 fully saturated rings. The zero-order chi connectivity index (χ0) is 10.8. The molecule has 3 aliphatic rings. The molecule has 0 radical (unpaired) electrons. The molecule has 0 spiro atoms. The molecule has 2 heterocycles. The molecular formula is C13H24N2O. The minimum atomic E-state index is 0.553. The van der Waals surface area contributed by atoms with Gasteiger partial charge in [-0.2, -0.15) is 0 Å². The number of hydrogen-bond acceptors (Lipinski definition) is 3.